The Morgan fingerprint density at radius 1 is 1.65 bits per heavy atom. The number of hydrogen-bond acceptors (Lipinski definition) is 2. The Balaban J connectivity index is 2.45. The van der Waals surface area contributed by atoms with Crippen LogP contribution in [0.15, 0.2) is 11.6 Å². The van der Waals surface area contributed by atoms with Crippen molar-refractivity contribution in [3.8, 4) is 0 Å². The van der Waals surface area contributed by atoms with Gasteiger partial charge in [-0.05, 0) is 5.92 Å². The Morgan fingerprint density at radius 3 is 2.82 bits per heavy atom. The van der Waals surface area contributed by atoms with Gasteiger partial charge in [-0.25, -0.2) is 0 Å². The third kappa shape index (κ3) is 4.38. The van der Waals surface area contributed by atoms with Gasteiger partial charge in [0.1, 0.15) is 0 Å². The summed E-state index contributed by atoms with van der Waals surface area (Å²) < 4.78 is 0. The Labute approximate surface area is 107 Å². The molecule has 4 nitrogen and oxygen atoms in total. The number of nitrogens with zero attached hydrogens (tertiary/aromatic N) is 1. The van der Waals surface area contributed by atoms with E-state index in [-0.39, 0.29) is 24.3 Å². The molecule has 1 unspecified atom stereocenters. The molecule has 2 amide bonds. The fourth-order valence-corrected chi connectivity index (χ4v) is 1.96. The maximum Gasteiger partial charge on any atom is 0.225 e. The zero-order chi connectivity index (χ0) is 13.0. The van der Waals surface area contributed by atoms with E-state index in [9.17, 15) is 9.59 Å². The number of nitrogens with one attached hydrogen (secondary N) is 1. The van der Waals surface area contributed by atoms with Crippen molar-refractivity contribution in [2.75, 3.05) is 19.6 Å². The molecule has 0 saturated carbocycles. The average Bonchev–Trinajstić information content (AvgIpc) is 2.56. The maximum atomic E-state index is 11.7. The third-order valence-electron chi connectivity index (χ3n) is 2.63. The molecule has 1 N–H and O–H groups in total. The van der Waals surface area contributed by atoms with E-state index >= 15 is 0 Å². The molecule has 0 radical (unpaired) electrons. The van der Waals surface area contributed by atoms with Crippen molar-refractivity contribution in [2.24, 2.45) is 11.8 Å². The van der Waals surface area contributed by atoms with Crippen LogP contribution >= 0.6 is 11.6 Å². The fourth-order valence-electron chi connectivity index (χ4n) is 1.89. The quantitative estimate of drug-likeness (QED) is 0.810. The minimum atomic E-state index is -0.253. The van der Waals surface area contributed by atoms with Crippen molar-refractivity contribution in [1.29, 1.82) is 0 Å². The van der Waals surface area contributed by atoms with Crippen LogP contribution in [0.3, 0.4) is 0 Å². The zero-order valence-electron chi connectivity index (χ0n) is 10.3. The number of carbonyl (C=O) groups is 2. The molecule has 1 aliphatic rings. The summed E-state index contributed by atoms with van der Waals surface area (Å²) in [7, 11) is 0. The molecular weight excluding hydrogens is 240 g/mol. The Bertz CT molecular complexity index is 328. The second-order valence-electron chi connectivity index (χ2n) is 4.83. The predicted molar refractivity (Wildman–Crippen MR) is 67.5 cm³/mol. The number of amides is 2. The highest BCUT2D eigenvalue weighted by Gasteiger charge is 2.34. The lowest BCUT2D eigenvalue weighted by molar-refractivity contribution is -0.129. The van der Waals surface area contributed by atoms with Gasteiger partial charge in [-0.3, -0.25) is 9.59 Å². The van der Waals surface area contributed by atoms with Crippen LogP contribution in [-0.2, 0) is 9.59 Å². The van der Waals surface area contributed by atoms with Gasteiger partial charge in [0.2, 0.25) is 11.8 Å². The molecule has 1 aliphatic heterocycles. The van der Waals surface area contributed by atoms with Gasteiger partial charge in [-0.2, -0.15) is 0 Å². The molecule has 1 saturated heterocycles. The summed E-state index contributed by atoms with van der Waals surface area (Å²) in [5.41, 5.74) is 0. The summed E-state index contributed by atoms with van der Waals surface area (Å²) in [5, 5.41) is 3.06. The van der Waals surface area contributed by atoms with E-state index in [0.29, 0.717) is 30.5 Å². The lowest BCUT2D eigenvalue weighted by Crippen LogP contribution is -2.34. The summed E-state index contributed by atoms with van der Waals surface area (Å²) in [6.07, 6.45) is 0.299. The van der Waals surface area contributed by atoms with Gasteiger partial charge in [0.15, 0.2) is 0 Å². The summed E-state index contributed by atoms with van der Waals surface area (Å²) in [6.45, 7) is 9.09. The molecule has 1 fully saturated rings. The van der Waals surface area contributed by atoms with E-state index in [1.165, 1.54) is 0 Å². The third-order valence-corrected chi connectivity index (χ3v) is 2.76. The Hall–Kier alpha value is -1.03. The lowest BCUT2D eigenvalue weighted by Gasteiger charge is -2.18. The molecule has 5 heteroatoms. The largest absolute Gasteiger partial charge is 0.351 e. The van der Waals surface area contributed by atoms with Crippen molar-refractivity contribution in [3.63, 3.8) is 0 Å². The summed E-state index contributed by atoms with van der Waals surface area (Å²) in [5.74, 6) is 0.107. The second-order valence-corrected chi connectivity index (χ2v) is 5.36. The molecular formula is C12H19ClN2O2. The van der Waals surface area contributed by atoms with Crippen molar-refractivity contribution in [1.82, 2.24) is 10.2 Å². The van der Waals surface area contributed by atoms with Crippen molar-refractivity contribution >= 4 is 23.4 Å². The molecule has 0 aliphatic carbocycles. The predicted octanol–water partition coefficient (Wildman–Crippen LogP) is 1.36. The van der Waals surface area contributed by atoms with E-state index in [0.717, 1.165) is 0 Å². The van der Waals surface area contributed by atoms with Gasteiger partial charge in [0.05, 0.1) is 12.5 Å². The first-order valence-electron chi connectivity index (χ1n) is 5.79. The van der Waals surface area contributed by atoms with Gasteiger partial charge in [0, 0.05) is 24.5 Å². The van der Waals surface area contributed by atoms with Crippen molar-refractivity contribution in [2.45, 2.75) is 20.3 Å². The molecule has 0 aromatic heterocycles. The van der Waals surface area contributed by atoms with E-state index in [2.05, 4.69) is 25.7 Å². The highest BCUT2D eigenvalue weighted by molar-refractivity contribution is 6.29. The summed E-state index contributed by atoms with van der Waals surface area (Å²) >= 11 is 5.57. The number of carbonyl (C=O) groups excluding carboxylic acids is 2. The van der Waals surface area contributed by atoms with Crippen LogP contribution in [0.25, 0.3) is 0 Å². The van der Waals surface area contributed by atoms with Gasteiger partial charge < -0.3 is 10.2 Å². The SMILES string of the molecule is C=C(Cl)CNC(=O)C1CC(=O)N(CC(C)C)C1. The van der Waals surface area contributed by atoms with Gasteiger partial charge >= 0.3 is 0 Å². The number of likely N-dealkylation sites (tertiary alicyclic amines) is 1. The van der Waals surface area contributed by atoms with Crippen LogP contribution < -0.4 is 5.32 Å². The molecule has 96 valence electrons. The van der Waals surface area contributed by atoms with Crippen LogP contribution in [0.5, 0.6) is 0 Å². The average molecular weight is 259 g/mol. The topological polar surface area (TPSA) is 49.4 Å². The zero-order valence-corrected chi connectivity index (χ0v) is 11.1. The van der Waals surface area contributed by atoms with Gasteiger partial charge in [-0.15, -0.1) is 0 Å². The van der Waals surface area contributed by atoms with Crippen molar-refractivity contribution < 1.29 is 9.59 Å². The molecule has 0 bridgehead atoms. The molecule has 0 spiro atoms. The first-order valence-corrected chi connectivity index (χ1v) is 6.16. The van der Waals surface area contributed by atoms with Crippen LogP contribution in [-0.4, -0.2) is 36.3 Å². The van der Waals surface area contributed by atoms with Crippen molar-refractivity contribution in [3.05, 3.63) is 11.6 Å². The molecule has 1 rings (SSSR count). The molecule has 1 heterocycles. The Kier molecular flexibility index (Phi) is 5.00. The van der Waals surface area contributed by atoms with Crippen LogP contribution in [0, 0.1) is 11.8 Å². The summed E-state index contributed by atoms with van der Waals surface area (Å²) in [4.78, 5) is 25.2. The first-order chi connectivity index (χ1) is 7.90. The normalized spacial score (nSPS) is 19.9. The Morgan fingerprint density at radius 2 is 2.29 bits per heavy atom. The van der Waals surface area contributed by atoms with Crippen LogP contribution in [0.1, 0.15) is 20.3 Å². The smallest absolute Gasteiger partial charge is 0.225 e. The first kappa shape index (κ1) is 14.0. The monoisotopic (exact) mass is 258 g/mol. The van der Waals surface area contributed by atoms with E-state index in [4.69, 9.17) is 11.6 Å². The van der Waals surface area contributed by atoms with Crippen LogP contribution in [0.2, 0.25) is 0 Å². The number of halogens is 1. The number of rotatable bonds is 5. The van der Waals surface area contributed by atoms with E-state index in [1.807, 2.05) is 0 Å². The van der Waals surface area contributed by atoms with Gasteiger partial charge in [-0.1, -0.05) is 32.0 Å². The van der Waals surface area contributed by atoms with E-state index < -0.39 is 0 Å². The fraction of sp³-hybridized carbons (Fsp3) is 0.667. The molecule has 0 aromatic carbocycles. The van der Waals surface area contributed by atoms with Crippen LogP contribution in [0.4, 0.5) is 0 Å². The maximum absolute atomic E-state index is 11.7. The lowest BCUT2D eigenvalue weighted by atomic mass is 10.1. The minimum absolute atomic E-state index is 0.0588. The van der Waals surface area contributed by atoms with E-state index in [1.54, 1.807) is 4.90 Å². The highest BCUT2D eigenvalue weighted by atomic mass is 35.5. The molecule has 17 heavy (non-hydrogen) atoms. The van der Waals surface area contributed by atoms with Gasteiger partial charge in [0.25, 0.3) is 0 Å². The second kappa shape index (κ2) is 6.05. The number of hydrogen-bond donors (Lipinski definition) is 1. The molecule has 0 aromatic rings. The highest BCUT2D eigenvalue weighted by Crippen LogP contribution is 2.19. The minimum Gasteiger partial charge on any atom is -0.351 e. The summed E-state index contributed by atoms with van der Waals surface area (Å²) in [6, 6.07) is 0. The standard InChI is InChI=1S/C12H19ClN2O2/c1-8(2)6-15-7-10(4-11(15)16)12(17)14-5-9(3)13/h8,10H,3-7H2,1-2H3,(H,14,17). The molecule has 1 atom stereocenters.